The van der Waals surface area contributed by atoms with Gasteiger partial charge in [-0.3, -0.25) is 4.79 Å². The zero-order chi connectivity index (χ0) is 20.7. The van der Waals surface area contributed by atoms with Crippen LogP contribution in [-0.2, 0) is 6.54 Å². The van der Waals surface area contributed by atoms with E-state index in [4.69, 9.17) is 16.6 Å². The molecule has 0 unspecified atom stereocenters. The van der Waals surface area contributed by atoms with Crippen LogP contribution in [0.5, 0.6) is 0 Å². The predicted molar refractivity (Wildman–Crippen MR) is 125 cm³/mol. The summed E-state index contributed by atoms with van der Waals surface area (Å²) < 4.78 is 3.35. The Hall–Kier alpha value is -2.57. The van der Waals surface area contributed by atoms with Crippen molar-refractivity contribution in [2.75, 3.05) is 31.1 Å². The summed E-state index contributed by atoms with van der Waals surface area (Å²) in [7, 11) is 0. The average molecular weight is 439 g/mol. The van der Waals surface area contributed by atoms with Crippen LogP contribution < -0.4 is 4.90 Å². The van der Waals surface area contributed by atoms with Gasteiger partial charge in [-0.2, -0.15) is 0 Å². The lowest BCUT2D eigenvalue weighted by Crippen LogP contribution is -2.49. The molecule has 1 aliphatic rings. The van der Waals surface area contributed by atoms with Gasteiger partial charge in [0.15, 0.2) is 0 Å². The summed E-state index contributed by atoms with van der Waals surface area (Å²) in [5.74, 6) is 1.04. The van der Waals surface area contributed by atoms with Crippen LogP contribution in [0, 0.1) is 0 Å². The minimum absolute atomic E-state index is 0.0305. The molecule has 2 aromatic carbocycles. The highest BCUT2D eigenvalue weighted by atomic mass is 35.5. The molecule has 3 heterocycles. The number of thiophene rings is 1. The van der Waals surface area contributed by atoms with Gasteiger partial charge in [0.25, 0.3) is 5.91 Å². The van der Waals surface area contributed by atoms with E-state index in [1.807, 2.05) is 35.2 Å². The number of carbonyl (C=O) groups is 1. The monoisotopic (exact) mass is 438 g/mol. The molecule has 5 nitrogen and oxygen atoms in total. The van der Waals surface area contributed by atoms with E-state index in [1.165, 1.54) is 16.9 Å². The SMILES string of the molecule is CCCn1c(N2CCN(C(=O)c3sc4ccccc4c3Cl)CC2)nc2ccccc21. The smallest absolute Gasteiger partial charge is 0.265 e. The largest absolute Gasteiger partial charge is 0.339 e. The van der Waals surface area contributed by atoms with Crippen molar-refractivity contribution in [1.82, 2.24) is 14.5 Å². The molecule has 0 N–H and O–H groups in total. The molecule has 0 radical (unpaired) electrons. The van der Waals surface area contributed by atoms with Gasteiger partial charge in [-0.15, -0.1) is 11.3 Å². The second-order valence-electron chi connectivity index (χ2n) is 7.57. The molecular formula is C23H23ClN4OS. The molecule has 0 bridgehead atoms. The molecule has 0 spiro atoms. The number of carbonyl (C=O) groups excluding carboxylic acids is 1. The van der Waals surface area contributed by atoms with Crippen LogP contribution in [0.25, 0.3) is 21.1 Å². The van der Waals surface area contributed by atoms with Crippen LogP contribution in [0.2, 0.25) is 5.02 Å². The van der Waals surface area contributed by atoms with E-state index in [0.29, 0.717) is 23.0 Å². The van der Waals surface area contributed by atoms with Crippen LogP contribution >= 0.6 is 22.9 Å². The van der Waals surface area contributed by atoms with Gasteiger partial charge in [0, 0.05) is 42.8 Å². The third-order valence-corrected chi connectivity index (χ3v) is 7.32. The van der Waals surface area contributed by atoms with Crippen LogP contribution in [0.4, 0.5) is 5.95 Å². The molecule has 2 aromatic heterocycles. The summed E-state index contributed by atoms with van der Waals surface area (Å²) in [6.07, 6.45) is 1.05. The standard InChI is InChI=1S/C23H23ClN4OS/c1-2-11-28-18-9-5-4-8-17(18)25-23(28)27-14-12-26(13-15-27)22(29)21-20(24)16-7-3-6-10-19(16)30-21/h3-10H,2,11-15H2,1H3. The Balaban J connectivity index is 1.36. The number of imidazole rings is 1. The van der Waals surface area contributed by atoms with Crippen molar-refractivity contribution in [3.05, 3.63) is 58.4 Å². The number of fused-ring (bicyclic) bond motifs is 2. The van der Waals surface area contributed by atoms with E-state index in [2.05, 4.69) is 34.6 Å². The maximum Gasteiger partial charge on any atom is 0.265 e. The first-order valence-electron chi connectivity index (χ1n) is 10.3. The molecule has 1 fully saturated rings. The van der Waals surface area contributed by atoms with Crippen molar-refractivity contribution in [1.29, 1.82) is 0 Å². The average Bonchev–Trinajstić information content (AvgIpc) is 3.32. The number of aryl methyl sites for hydroxylation is 1. The number of para-hydroxylation sites is 2. The number of hydrogen-bond donors (Lipinski definition) is 0. The predicted octanol–water partition coefficient (Wildman–Crippen LogP) is 5.28. The van der Waals surface area contributed by atoms with Crippen molar-refractivity contribution in [3.63, 3.8) is 0 Å². The highest BCUT2D eigenvalue weighted by Gasteiger charge is 2.28. The van der Waals surface area contributed by atoms with Crippen LogP contribution in [-0.4, -0.2) is 46.5 Å². The number of aromatic nitrogens is 2. The number of nitrogens with zero attached hydrogens (tertiary/aromatic N) is 4. The normalized spacial score (nSPS) is 14.7. The van der Waals surface area contributed by atoms with Gasteiger partial charge in [0.1, 0.15) is 4.88 Å². The van der Waals surface area contributed by atoms with E-state index in [0.717, 1.165) is 47.6 Å². The summed E-state index contributed by atoms with van der Waals surface area (Å²) in [5, 5.41) is 1.53. The molecule has 0 atom stereocenters. The maximum absolute atomic E-state index is 13.2. The Bertz CT molecular complexity index is 1220. The first-order chi connectivity index (χ1) is 14.7. The summed E-state index contributed by atoms with van der Waals surface area (Å²) in [6.45, 7) is 5.98. The van der Waals surface area contributed by atoms with Gasteiger partial charge in [-0.25, -0.2) is 4.98 Å². The third-order valence-electron chi connectivity index (χ3n) is 5.66. The fraction of sp³-hybridized carbons (Fsp3) is 0.304. The van der Waals surface area contributed by atoms with Gasteiger partial charge < -0.3 is 14.4 Å². The van der Waals surface area contributed by atoms with Crippen molar-refractivity contribution in [3.8, 4) is 0 Å². The molecule has 7 heteroatoms. The van der Waals surface area contributed by atoms with Gasteiger partial charge in [-0.05, 0) is 24.6 Å². The quantitative estimate of drug-likeness (QED) is 0.435. The van der Waals surface area contributed by atoms with Gasteiger partial charge in [-0.1, -0.05) is 48.9 Å². The van der Waals surface area contributed by atoms with E-state index in [1.54, 1.807) is 0 Å². The Labute approximate surface area is 184 Å². The van der Waals surface area contributed by atoms with Gasteiger partial charge in [0.05, 0.1) is 16.1 Å². The number of rotatable bonds is 4. The van der Waals surface area contributed by atoms with Crippen LogP contribution in [0.1, 0.15) is 23.0 Å². The third kappa shape index (κ3) is 3.24. The lowest BCUT2D eigenvalue weighted by Gasteiger charge is -2.35. The topological polar surface area (TPSA) is 41.4 Å². The Kier molecular flexibility index (Phi) is 5.13. The Morgan fingerprint density at radius 3 is 2.57 bits per heavy atom. The molecule has 5 rings (SSSR count). The molecular weight excluding hydrogens is 416 g/mol. The molecule has 0 saturated carbocycles. The summed E-state index contributed by atoms with van der Waals surface area (Å²) in [6, 6.07) is 16.2. The van der Waals surface area contributed by atoms with E-state index >= 15 is 0 Å². The molecule has 30 heavy (non-hydrogen) atoms. The Morgan fingerprint density at radius 2 is 1.80 bits per heavy atom. The van der Waals surface area contributed by atoms with E-state index in [9.17, 15) is 4.79 Å². The van der Waals surface area contributed by atoms with Crippen molar-refractivity contribution < 1.29 is 4.79 Å². The van der Waals surface area contributed by atoms with Gasteiger partial charge >= 0.3 is 0 Å². The minimum atomic E-state index is 0.0305. The van der Waals surface area contributed by atoms with E-state index in [-0.39, 0.29) is 5.91 Å². The molecule has 1 aliphatic heterocycles. The van der Waals surface area contributed by atoms with E-state index < -0.39 is 0 Å². The summed E-state index contributed by atoms with van der Waals surface area (Å²) in [4.78, 5) is 22.9. The zero-order valence-electron chi connectivity index (χ0n) is 16.8. The molecule has 154 valence electrons. The zero-order valence-corrected chi connectivity index (χ0v) is 18.4. The molecule has 1 saturated heterocycles. The van der Waals surface area contributed by atoms with Crippen molar-refractivity contribution >= 4 is 55.9 Å². The number of amides is 1. The first kappa shape index (κ1) is 19.4. The fourth-order valence-electron chi connectivity index (χ4n) is 4.15. The second kappa shape index (κ2) is 7.93. The highest BCUT2D eigenvalue weighted by molar-refractivity contribution is 7.21. The molecule has 1 amide bonds. The maximum atomic E-state index is 13.2. The fourth-order valence-corrected chi connectivity index (χ4v) is 5.63. The summed E-state index contributed by atoms with van der Waals surface area (Å²) in [5.41, 5.74) is 2.20. The molecule has 4 aromatic rings. The second-order valence-corrected chi connectivity index (χ2v) is 9.00. The minimum Gasteiger partial charge on any atom is -0.339 e. The lowest BCUT2D eigenvalue weighted by molar-refractivity contribution is 0.0751. The summed E-state index contributed by atoms with van der Waals surface area (Å²) >= 11 is 8.02. The number of anilines is 1. The number of benzene rings is 2. The Morgan fingerprint density at radius 1 is 1.07 bits per heavy atom. The van der Waals surface area contributed by atoms with Crippen molar-refractivity contribution in [2.45, 2.75) is 19.9 Å². The van der Waals surface area contributed by atoms with Gasteiger partial charge in [0.2, 0.25) is 5.95 Å². The number of halogens is 1. The number of piperazine rings is 1. The highest BCUT2D eigenvalue weighted by Crippen LogP contribution is 2.36. The first-order valence-corrected chi connectivity index (χ1v) is 11.5. The number of hydrogen-bond acceptors (Lipinski definition) is 4. The van der Waals surface area contributed by atoms with Crippen LogP contribution in [0.3, 0.4) is 0 Å². The lowest BCUT2D eigenvalue weighted by atomic mass is 10.2. The van der Waals surface area contributed by atoms with Crippen molar-refractivity contribution in [2.24, 2.45) is 0 Å². The van der Waals surface area contributed by atoms with Crippen LogP contribution in [0.15, 0.2) is 48.5 Å². The molecule has 0 aliphatic carbocycles.